The number of nitro benzene ring substituents is 3. The van der Waals surface area contributed by atoms with Gasteiger partial charge in [0.15, 0.2) is 11.3 Å². The lowest BCUT2D eigenvalue weighted by molar-refractivity contribution is -0.402. The Hall–Kier alpha value is -3.42. The van der Waals surface area contributed by atoms with Crippen LogP contribution < -0.4 is 11.3 Å². The Balaban J connectivity index is 3.02. The van der Waals surface area contributed by atoms with Gasteiger partial charge in [-0.2, -0.15) is 4.98 Å². The van der Waals surface area contributed by atoms with Gasteiger partial charge in [-0.05, 0) is 15.9 Å². The molecule has 0 bridgehead atoms. The van der Waals surface area contributed by atoms with Gasteiger partial charge in [0.1, 0.15) is 4.47 Å². The molecule has 0 aliphatic rings. The van der Waals surface area contributed by atoms with Crippen molar-refractivity contribution in [1.82, 2.24) is 4.98 Å². The molecule has 0 aliphatic carbocycles. The largest absolute Gasteiger partial charge is 0.423 e. The molecule has 1 aromatic carbocycles. The summed E-state index contributed by atoms with van der Waals surface area (Å²) in [5, 5.41) is 33.2. The molecule has 2 aromatic rings. The van der Waals surface area contributed by atoms with E-state index in [9.17, 15) is 35.1 Å². The van der Waals surface area contributed by atoms with Crippen LogP contribution in [0.25, 0.3) is 11.3 Å². The average molecular weight is 402 g/mol. The first-order valence-corrected chi connectivity index (χ1v) is 6.50. The van der Waals surface area contributed by atoms with Crippen LogP contribution in [-0.4, -0.2) is 19.8 Å². The van der Waals surface area contributed by atoms with Gasteiger partial charge in [0.05, 0.1) is 26.9 Å². The van der Waals surface area contributed by atoms with E-state index in [-0.39, 0.29) is 0 Å². The number of nitrogen functional groups attached to an aromatic ring is 1. The molecule has 0 radical (unpaired) electrons. The number of benzene rings is 1. The number of nitrogens with two attached hydrogens (primary N) is 1. The van der Waals surface area contributed by atoms with E-state index >= 15 is 0 Å². The molecule has 24 heavy (non-hydrogen) atoms. The molecule has 2 N–H and O–H groups in total. The van der Waals surface area contributed by atoms with Gasteiger partial charge in [0.2, 0.25) is 0 Å². The van der Waals surface area contributed by atoms with Crippen molar-refractivity contribution in [2.24, 2.45) is 0 Å². The van der Waals surface area contributed by atoms with Gasteiger partial charge in [-0.25, -0.2) is 0 Å². The van der Waals surface area contributed by atoms with Crippen LogP contribution in [0, 0.1) is 30.3 Å². The molecular formula is C10H4BrN5O8. The third-order valence-electron chi connectivity index (χ3n) is 2.72. The van der Waals surface area contributed by atoms with Gasteiger partial charge in [-0.15, -0.1) is 0 Å². The van der Waals surface area contributed by atoms with Gasteiger partial charge < -0.3 is 10.2 Å². The third-order valence-corrected chi connectivity index (χ3v) is 3.42. The first kappa shape index (κ1) is 16.9. The SMILES string of the molecule is Nc1nc(=O)c(Br)c(-c2c([N+](=O)[O-])cc([N+](=O)[O-])cc2[N+](=O)[O-])o1. The molecular weight excluding hydrogens is 398 g/mol. The normalized spacial score (nSPS) is 10.4. The lowest BCUT2D eigenvalue weighted by Crippen LogP contribution is -2.11. The maximum atomic E-state index is 11.6. The van der Waals surface area contributed by atoms with Crippen molar-refractivity contribution < 1.29 is 19.2 Å². The molecule has 0 unspecified atom stereocenters. The van der Waals surface area contributed by atoms with Crippen LogP contribution in [0.1, 0.15) is 0 Å². The van der Waals surface area contributed by atoms with Crippen LogP contribution in [0.5, 0.6) is 0 Å². The zero-order valence-corrected chi connectivity index (χ0v) is 12.8. The van der Waals surface area contributed by atoms with Crippen molar-refractivity contribution in [2.75, 3.05) is 5.73 Å². The summed E-state index contributed by atoms with van der Waals surface area (Å²) in [6, 6.07) is 0.316. The molecule has 0 atom stereocenters. The Morgan fingerprint density at radius 2 is 1.54 bits per heavy atom. The minimum atomic E-state index is -1.08. The van der Waals surface area contributed by atoms with Crippen molar-refractivity contribution in [1.29, 1.82) is 0 Å². The monoisotopic (exact) mass is 401 g/mol. The molecule has 13 nitrogen and oxygen atoms in total. The number of nitro groups is 3. The molecule has 0 amide bonds. The van der Waals surface area contributed by atoms with E-state index in [2.05, 4.69) is 20.9 Å². The molecule has 2 rings (SSSR count). The van der Waals surface area contributed by atoms with E-state index in [4.69, 9.17) is 10.2 Å². The van der Waals surface area contributed by atoms with E-state index in [1.165, 1.54) is 0 Å². The number of rotatable bonds is 4. The van der Waals surface area contributed by atoms with Crippen molar-refractivity contribution in [2.45, 2.75) is 0 Å². The zero-order valence-electron chi connectivity index (χ0n) is 11.2. The van der Waals surface area contributed by atoms with E-state index in [1.54, 1.807) is 0 Å². The van der Waals surface area contributed by atoms with Crippen LogP contribution in [-0.2, 0) is 0 Å². The molecule has 1 heterocycles. The Bertz CT molecular complexity index is 920. The predicted octanol–water partition coefficient (Wildman–Crippen LogP) is 1.77. The standard InChI is InChI=1S/C10H4BrN5O8/c11-7-8(24-10(12)13-9(7)17)6-4(15(20)21)1-3(14(18)19)2-5(6)16(22)23/h1-2H,(H2,12,13,17). The molecule has 0 saturated carbocycles. The Morgan fingerprint density at radius 3 is 1.96 bits per heavy atom. The van der Waals surface area contributed by atoms with Gasteiger partial charge in [-0.3, -0.25) is 35.1 Å². The fourth-order valence-corrected chi connectivity index (χ4v) is 2.17. The highest BCUT2D eigenvalue weighted by atomic mass is 79.9. The van der Waals surface area contributed by atoms with Crippen molar-refractivity contribution in [3.05, 3.63) is 57.3 Å². The van der Waals surface area contributed by atoms with Crippen molar-refractivity contribution >= 4 is 39.0 Å². The second-order valence-corrected chi connectivity index (χ2v) is 4.92. The maximum absolute atomic E-state index is 11.6. The number of hydrogen-bond acceptors (Lipinski definition) is 10. The van der Waals surface area contributed by atoms with E-state index in [1.807, 2.05) is 0 Å². The fraction of sp³-hybridized carbons (Fsp3) is 0. The van der Waals surface area contributed by atoms with Crippen LogP contribution >= 0.6 is 15.9 Å². The number of hydrogen-bond donors (Lipinski definition) is 1. The summed E-state index contributed by atoms with van der Waals surface area (Å²) in [7, 11) is 0. The van der Waals surface area contributed by atoms with Gasteiger partial charge >= 0.3 is 0 Å². The maximum Gasteiger partial charge on any atom is 0.295 e. The summed E-state index contributed by atoms with van der Waals surface area (Å²) in [6.07, 6.45) is 0. The number of aromatic nitrogens is 1. The smallest absolute Gasteiger partial charge is 0.295 e. The molecule has 0 saturated heterocycles. The Labute approximate surface area is 138 Å². The molecule has 124 valence electrons. The summed E-state index contributed by atoms with van der Waals surface area (Å²) in [6.45, 7) is 0. The highest BCUT2D eigenvalue weighted by Gasteiger charge is 2.35. The van der Waals surface area contributed by atoms with Gasteiger partial charge in [-0.1, -0.05) is 0 Å². The zero-order chi connectivity index (χ0) is 18.2. The van der Waals surface area contributed by atoms with Crippen LogP contribution in [0.4, 0.5) is 23.1 Å². The number of nitrogens with zero attached hydrogens (tertiary/aromatic N) is 4. The topological polar surface area (TPSA) is 199 Å². The minimum absolute atomic E-state index is 0.461. The molecule has 1 aromatic heterocycles. The van der Waals surface area contributed by atoms with Crippen LogP contribution in [0.2, 0.25) is 0 Å². The molecule has 0 spiro atoms. The summed E-state index contributed by atoms with van der Waals surface area (Å²) in [5.41, 5.74) is 0.609. The van der Waals surface area contributed by atoms with E-state index in [0.29, 0.717) is 12.1 Å². The quantitative estimate of drug-likeness (QED) is 0.580. The summed E-state index contributed by atoms with van der Waals surface area (Å²) < 4.78 is 4.44. The highest BCUT2D eigenvalue weighted by molar-refractivity contribution is 9.10. The lowest BCUT2D eigenvalue weighted by atomic mass is 10.1. The van der Waals surface area contributed by atoms with Crippen LogP contribution in [0.3, 0.4) is 0 Å². The average Bonchev–Trinajstić information content (AvgIpc) is 2.49. The molecule has 0 fully saturated rings. The number of anilines is 1. The third kappa shape index (κ3) is 2.89. The minimum Gasteiger partial charge on any atom is -0.423 e. The Morgan fingerprint density at radius 1 is 1.04 bits per heavy atom. The van der Waals surface area contributed by atoms with E-state index in [0.717, 1.165) is 0 Å². The predicted molar refractivity (Wildman–Crippen MR) is 80.3 cm³/mol. The Kier molecular flexibility index (Phi) is 4.23. The lowest BCUT2D eigenvalue weighted by Gasteiger charge is -2.06. The second kappa shape index (κ2) is 5.99. The second-order valence-electron chi connectivity index (χ2n) is 4.13. The number of non-ortho nitro benzene ring substituents is 1. The number of halogens is 1. The molecule has 14 heteroatoms. The first-order chi connectivity index (χ1) is 11.1. The van der Waals surface area contributed by atoms with Crippen molar-refractivity contribution in [3.63, 3.8) is 0 Å². The summed E-state index contributed by atoms with van der Waals surface area (Å²) in [4.78, 5) is 44.9. The van der Waals surface area contributed by atoms with Gasteiger partial charge in [0.25, 0.3) is 28.6 Å². The van der Waals surface area contributed by atoms with Crippen LogP contribution in [0.15, 0.2) is 25.8 Å². The fourth-order valence-electron chi connectivity index (χ4n) is 1.80. The van der Waals surface area contributed by atoms with Gasteiger partial charge in [0, 0.05) is 0 Å². The van der Waals surface area contributed by atoms with E-state index < -0.39 is 59.2 Å². The summed E-state index contributed by atoms with van der Waals surface area (Å²) in [5.74, 6) is -0.638. The molecule has 0 aliphatic heterocycles. The summed E-state index contributed by atoms with van der Waals surface area (Å²) >= 11 is 2.76. The van der Waals surface area contributed by atoms with Crippen molar-refractivity contribution in [3.8, 4) is 11.3 Å². The first-order valence-electron chi connectivity index (χ1n) is 5.71. The highest BCUT2D eigenvalue weighted by Crippen LogP contribution is 2.43.